The van der Waals surface area contributed by atoms with Gasteiger partial charge in [-0.3, -0.25) is 4.79 Å². The molecule has 1 aromatic heterocycles. The first-order chi connectivity index (χ1) is 15.0. The second kappa shape index (κ2) is 10.2. The van der Waals surface area contributed by atoms with Gasteiger partial charge < -0.3 is 39.1 Å². The molecule has 0 aliphatic carbocycles. The molecule has 0 unspecified atom stereocenters. The second-order valence-electron chi connectivity index (χ2n) is 6.60. The van der Waals surface area contributed by atoms with Crippen LogP contribution in [-0.2, 0) is 0 Å². The van der Waals surface area contributed by atoms with Crippen molar-refractivity contribution in [2.45, 2.75) is 6.92 Å². The van der Waals surface area contributed by atoms with E-state index in [1.807, 2.05) is 0 Å². The largest absolute Gasteiger partial charge is 0.502 e. The molecule has 166 valence electrons. The fourth-order valence-electron chi connectivity index (χ4n) is 3.11. The van der Waals surface area contributed by atoms with Gasteiger partial charge in [0.25, 0.3) is 0 Å². The molecule has 1 heterocycles. The van der Waals surface area contributed by atoms with Gasteiger partial charge in [-0.2, -0.15) is 0 Å². The quantitative estimate of drug-likeness (QED) is 0.376. The number of hydrogen-bond acceptors (Lipinski definition) is 9. The Labute approximate surface area is 177 Å². The van der Waals surface area contributed by atoms with E-state index < -0.39 is 11.2 Å². The third-order valence-corrected chi connectivity index (χ3v) is 4.41. The van der Waals surface area contributed by atoms with Crippen LogP contribution in [0, 0.1) is 6.92 Å². The van der Waals surface area contributed by atoms with Gasteiger partial charge in [0.15, 0.2) is 17.3 Å². The van der Waals surface area contributed by atoms with E-state index in [4.69, 9.17) is 33.9 Å². The van der Waals surface area contributed by atoms with E-state index in [9.17, 15) is 9.90 Å². The van der Waals surface area contributed by atoms with Crippen LogP contribution in [0.1, 0.15) is 5.56 Å². The predicted molar refractivity (Wildman–Crippen MR) is 112 cm³/mol. The number of aliphatic hydroxyl groups is 3. The van der Waals surface area contributed by atoms with E-state index in [0.717, 1.165) is 0 Å². The average Bonchev–Trinajstić information content (AvgIpc) is 2.77. The summed E-state index contributed by atoms with van der Waals surface area (Å²) >= 11 is 0. The summed E-state index contributed by atoms with van der Waals surface area (Å²) in [5, 5.41) is 37.8. The number of hydrogen-bond donors (Lipinski definition) is 4. The van der Waals surface area contributed by atoms with Gasteiger partial charge in [0, 0.05) is 11.6 Å². The lowest BCUT2D eigenvalue weighted by molar-refractivity contribution is 0.178. The van der Waals surface area contributed by atoms with Gasteiger partial charge in [-0.1, -0.05) is 0 Å². The van der Waals surface area contributed by atoms with Gasteiger partial charge in [-0.25, -0.2) is 0 Å². The smallest absolute Gasteiger partial charge is 0.235 e. The molecule has 0 saturated heterocycles. The Morgan fingerprint density at radius 3 is 2.19 bits per heavy atom. The van der Waals surface area contributed by atoms with Gasteiger partial charge >= 0.3 is 0 Å². The highest BCUT2D eigenvalue weighted by molar-refractivity contribution is 5.86. The zero-order valence-electron chi connectivity index (χ0n) is 17.0. The van der Waals surface area contributed by atoms with Crippen molar-refractivity contribution < 1.29 is 39.1 Å². The van der Waals surface area contributed by atoms with Crippen molar-refractivity contribution in [3.05, 3.63) is 46.1 Å². The van der Waals surface area contributed by atoms with Crippen LogP contribution < -0.4 is 19.6 Å². The summed E-state index contributed by atoms with van der Waals surface area (Å²) in [4.78, 5) is 12.8. The van der Waals surface area contributed by atoms with Crippen LogP contribution in [0.5, 0.6) is 23.0 Å². The van der Waals surface area contributed by atoms with Crippen molar-refractivity contribution in [1.82, 2.24) is 0 Å². The molecule has 0 radical (unpaired) electrons. The Balaban J connectivity index is 2.12. The molecule has 9 nitrogen and oxygen atoms in total. The van der Waals surface area contributed by atoms with Crippen molar-refractivity contribution in [1.29, 1.82) is 0 Å². The van der Waals surface area contributed by atoms with Crippen LogP contribution in [-0.4, -0.2) is 60.1 Å². The van der Waals surface area contributed by atoms with Crippen molar-refractivity contribution >= 4 is 11.0 Å². The van der Waals surface area contributed by atoms with Crippen LogP contribution in [0.15, 0.2) is 39.5 Å². The van der Waals surface area contributed by atoms with Crippen molar-refractivity contribution in [2.24, 2.45) is 0 Å². The molecule has 9 heteroatoms. The lowest BCUT2D eigenvalue weighted by Gasteiger charge is -2.14. The van der Waals surface area contributed by atoms with E-state index >= 15 is 0 Å². The highest BCUT2D eigenvalue weighted by atomic mass is 16.5. The molecule has 0 saturated carbocycles. The predicted octanol–water partition coefficient (Wildman–Crippen LogP) is 1.59. The summed E-state index contributed by atoms with van der Waals surface area (Å²) in [6, 6.07) is 7.77. The maximum Gasteiger partial charge on any atom is 0.235 e. The Morgan fingerprint density at radius 1 is 0.871 bits per heavy atom. The van der Waals surface area contributed by atoms with Crippen LogP contribution >= 0.6 is 0 Å². The van der Waals surface area contributed by atoms with E-state index in [1.54, 1.807) is 25.1 Å². The monoisotopic (exact) mass is 432 g/mol. The third kappa shape index (κ3) is 4.91. The molecule has 0 aliphatic heterocycles. The number of aromatic hydroxyl groups is 1. The van der Waals surface area contributed by atoms with Gasteiger partial charge in [-0.05, 0) is 36.8 Å². The lowest BCUT2D eigenvalue weighted by atomic mass is 10.1. The molecule has 0 fully saturated rings. The van der Waals surface area contributed by atoms with E-state index in [1.165, 1.54) is 12.1 Å². The fourth-order valence-corrected chi connectivity index (χ4v) is 3.11. The maximum absolute atomic E-state index is 12.8. The van der Waals surface area contributed by atoms with Gasteiger partial charge in [0.1, 0.15) is 31.2 Å². The van der Waals surface area contributed by atoms with Crippen molar-refractivity contribution in [3.63, 3.8) is 0 Å². The standard InChI is InChI=1S/C22H24O9/c1-13-10-15(28-7-4-23)12-18-19(13)20(26)21(27)22(31-18)14-2-3-16(29-8-5-24)17(11-14)30-9-6-25/h2-3,10-12,23-25,27H,4-9H2,1H3. The van der Waals surface area contributed by atoms with E-state index in [-0.39, 0.29) is 62.1 Å². The highest BCUT2D eigenvalue weighted by Crippen LogP contribution is 2.37. The van der Waals surface area contributed by atoms with E-state index in [2.05, 4.69) is 0 Å². The van der Waals surface area contributed by atoms with Crippen LogP contribution in [0.2, 0.25) is 0 Å². The average molecular weight is 432 g/mol. The molecule has 2 aromatic carbocycles. The number of benzene rings is 2. The van der Waals surface area contributed by atoms with Gasteiger partial charge in [0.05, 0.1) is 25.2 Å². The minimum atomic E-state index is -0.596. The lowest BCUT2D eigenvalue weighted by Crippen LogP contribution is -2.07. The van der Waals surface area contributed by atoms with Crippen molar-refractivity contribution in [3.8, 4) is 34.3 Å². The molecule has 31 heavy (non-hydrogen) atoms. The molecule has 3 aromatic rings. The topological polar surface area (TPSA) is 139 Å². The molecular weight excluding hydrogens is 408 g/mol. The van der Waals surface area contributed by atoms with Gasteiger partial charge in [0.2, 0.25) is 11.2 Å². The Hall–Kier alpha value is -3.27. The van der Waals surface area contributed by atoms with Crippen molar-refractivity contribution in [2.75, 3.05) is 39.6 Å². The fraction of sp³-hybridized carbons (Fsp3) is 0.318. The molecule has 0 bridgehead atoms. The Kier molecular flexibility index (Phi) is 7.35. The number of rotatable bonds is 10. The van der Waals surface area contributed by atoms with Crippen LogP contribution in [0.3, 0.4) is 0 Å². The summed E-state index contributed by atoms with van der Waals surface area (Å²) in [6.45, 7) is 1.23. The number of aryl methyl sites for hydroxylation is 1. The van der Waals surface area contributed by atoms with Crippen LogP contribution in [0.4, 0.5) is 0 Å². The first kappa shape index (κ1) is 22.4. The summed E-state index contributed by atoms with van der Waals surface area (Å²) in [7, 11) is 0. The minimum Gasteiger partial charge on any atom is -0.502 e. The molecule has 4 N–H and O–H groups in total. The number of fused-ring (bicyclic) bond motifs is 1. The second-order valence-corrected chi connectivity index (χ2v) is 6.60. The zero-order chi connectivity index (χ0) is 22.4. The highest BCUT2D eigenvalue weighted by Gasteiger charge is 2.19. The summed E-state index contributed by atoms with van der Waals surface area (Å²) in [6.07, 6.45) is 0. The first-order valence-electron chi connectivity index (χ1n) is 9.66. The normalized spacial score (nSPS) is 11.0. The Morgan fingerprint density at radius 2 is 1.52 bits per heavy atom. The van der Waals surface area contributed by atoms with Crippen LogP contribution in [0.25, 0.3) is 22.3 Å². The zero-order valence-corrected chi connectivity index (χ0v) is 17.0. The molecular formula is C22H24O9. The summed E-state index contributed by atoms with van der Waals surface area (Å²) in [5.74, 6) is 0.358. The minimum absolute atomic E-state index is 0.00264. The first-order valence-corrected chi connectivity index (χ1v) is 9.66. The third-order valence-electron chi connectivity index (χ3n) is 4.41. The summed E-state index contributed by atoms with van der Waals surface area (Å²) < 4.78 is 22.2. The number of ether oxygens (including phenoxy) is 3. The summed E-state index contributed by atoms with van der Waals surface area (Å²) in [5.41, 5.74) is 0.519. The molecule has 0 aliphatic rings. The molecule has 3 rings (SSSR count). The molecule has 0 spiro atoms. The van der Waals surface area contributed by atoms with E-state index in [0.29, 0.717) is 22.6 Å². The van der Waals surface area contributed by atoms with Gasteiger partial charge in [-0.15, -0.1) is 0 Å². The number of aliphatic hydroxyl groups excluding tert-OH is 3. The SMILES string of the molecule is Cc1cc(OCCO)cc2oc(-c3ccc(OCCO)c(OCCO)c3)c(O)c(=O)c12. The molecule has 0 amide bonds. The Bertz CT molecular complexity index is 1100. The molecule has 0 atom stereocenters. The maximum atomic E-state index is 12.8.